The van der Waals surface area contributed by atoms with E-state index in [4.69, 9.17) is 6.42 Å². The van der Waals surface area contributed by atoms with E-state index in [2.05, 4.69) is 28.5 Å². The molecule has 0 aromatic heterocycles. The van der Waals surface area contributed by atoms with Gasteiger partial charge in [-0.25, -0.2) is 0 Å². The van der Waals surface area contributed by atoms with Crippen LogP contribution in [0.3, 0.4) is 0 Å². The average Bonchev–Trinajstić information content (AvgIpc) is 2.92. The maximum absolute atomic E-state index is 5.16. The predicted octanol–water partition coefficient (Wildman–Crippen LogP) is 1.54. The Hall–Kier alpha value is -0.0900. The third kappa shape index (κ3) is 6.48. The van der Waals surface area contributed by atoms with Crippen LogP contribution in [0.2, 0.25) is 0 Å². The van der Waals surface area contributed by atoms with Crippen molar-refractivity contribution in [2.24, 2.45) is 10.9 Å². The van der Waals surface area contributed by atoms with Crippen LogP contribution >= 0.6 is 35.7 Å². The van der Waals surface area contributed by atoms with Crippen LogP contribution in [0.15, 0.2) is 4.99 Å². The molecule has 0 aromatic carbocycles. The van der Waals surface area contributed by atoms with Gasteiger partial charge in [0.1, 0.15) is 0 Å². The van der Waals surface area contributed by atoms with Crippen LogP contribution in [-0.2, 0) is 0 Å². The highest BCUT2D eigenvalue weighted by atomic mass is 127. The Labute approximate surface area is 120 Å². The van der Waals surface area contributed by atoms with Gasteiger partial charge in [-0.2, -0.15) is 0 Å². The molecule has 2 N–H and O–H groups in total. The third-order valence-electron chi connectivity index (χ3n) is 2.38. The minimum atomic E-state index is 0. The SMILES string of the molecule is C#CCSCCNC(=NC)NC1CC1C.I. The van der Waals surface area contributed by atoms with Crippen molar-refractivity contribution in [1.29, 1.82) is 0 Å². The number of nitrogens with one attached hydrogen (secondary N) is 2. The van der Waals surface area contributed by atoms with Crippen molar-refractivity contribution in [1.82, 2.24) is 10.6 Å². The summed E-state index contributed by atoms with van der Waals surface area (Å²) in [6, 6.07) is 0.620. The third-order valence-corrected chi connectivity index (χ3v) is 3.24. The summed E-state index contributed by atoms with van der Waals surface area (Å²) < 4.78 is 0. The molecule has 92 valence electrons. The molecular weight excluding hydrogens is 333 g/mol. The van der Waals surface area contributed by atoms with Crippen LogP contribution in [0.1, 0.15) is 13.3 Å². The zero-order valence-electron chi connectivity index (χ0n) is 9.82. The van der Waals surface area contributed by atoms with Crippen LogP contribution < -0.4 is 10.6 Å². The first kappa shape index (κ1) is 15.9. The van der Waals surface area contributed by atoms with Crippen molar-refractivity contribution in [3.05, 3.63) is 0 Å². The normalized spacial score (nSPS) is 22.9. The molecule has 2 unspecified atom stereocenters. The van der Waals surface area contributed by atoms with Crippen molar-refractivity contribution in [2.75, 3.05) is 25.1 Å². The molecule has 0 bridgehead atoms. The molecule has 0 radical (unpaired) electrons. The number of nitrogens with zero attached hydrogens (tertiary/aromatic N) is 1. The molecule has 0 aliphatic heterocycles. The number of rotatable bonds is 5. The molecule has 1 rings (SSSR count). The maximum Gasteiger partial charge on any atom is 0.191 e. The van der Waals surface area contributed by atoms with Crippen molar-refractivity contribution in [3.63, 3.8) is 0 Å². The molecule has 3 nitrogen and oxygen atoms in total. The highest BCUT2D eigenvalue weighted by Gasteiger charge is 2.32. The summed E-state index contributed by atoms with van der Waals surface area (Å²) in [5.41, 5.74) is 0. The van der Waals surface area contributed by atoms with Gasteiger partial charge in [-0.1, -0.05) is 12.8 Å². The molecule has 0 saturated heterocycles. The summed E-state index contributed by atoms with van der Waals surface area (Å²) in [4.78, 5) is 4.17. The standard InChI is InChI=1S/C11H19N3S.HI/c1-4-6-15-7-5-13-11(12-3)14-10-8-9(10)2;/h1,9-10H,5-8H2,2-3H3,(H2,12,13,14);1H. The van der Waals surface area contributed by atoms with Gasteiger partial charge in [0.15, 0.2) is 5.96 Å². The van der Waals surface area contributed by atoms with Crippen LogP contribution in [0, 0.1) is 18.3 Å². The van der Waals surface area contributed by atoms with E-state index >= 15 is 0 Å². The topological polar surface area (TPSA) is 36.4 Å². The number of thioether (sulfide) groups is 1. The van der Waals surface area contributed by atoms with E-state index in [9.17, 15) is 0 Å². The zero-order chi connectivity index (χ0) is 11.1. The van der Waals surface area contributed by atoms with Crippen molar-refractivity contribution in [2.45, 2.75) is 19.4 Å². The Morgan fingerprint density at radius 2 is 2.31 bits per heavy atom. The second-order valence-corrected chi connectivity index (χ2v) is 4.82. The van der Waals surface area contributed by atoms with E-state index in [0.717, 1.165) is 29.9 Å². The van der Waals surface area contributed by atoms with Crippen LogP contribution in [0.25, 0.3) is 0 Å². The quantitative estimate of drug-likeness (QED) is 0.259. The van der Waals surface area contributed by atoms with Crippen molar-refractivity contribution < 1.29 is 0 Å². The lowest BCUT2D eigenvalue weighted by atomic mass is 10.5. The van der Waals surface area contributed by atoms with Crippen LogP contribution in [-0.4, -0.2) is 37.1 Å². The fraction of sp³-hybridized carbons (Fsp3) is 0.727. The summed E-state index contributed by atoms with van der Waals surface area (Å²) in [7, 11) is 1.80. The van der Waals surface area contributed by atoms with Gasteiger partial charge in [-0.15, -0.1) is 42.2 Å². The molecule has 1 aliphatic rings. The lowest BCUT2D eigenvalue weighted by Gasteiger charge is -2.10. The smallest absolute Gasteiger partial charge is 0.191 e. The fourth-order valence-electron chi connectivity index (χ4n) is 1.27. The molecule has 1 aliphatic carbocycles. The second kappa shape index (κ2) is 8.99. The number of aliphatic imine (C=N–C) groups is 1. The molecule has 0 spiro atoms. The first-order valence-corrected chi connectivity index (χ1v) is 6.41. The Bertz CT molecular complexity index is 262. The van der Waals surface area contributed by atoms with Gasteiger partial charge in [0.25, 0.3) is 0 Å². The molecule has 0 aromatic rings. The number of hydrogen-bond acceptors (Lipinski definition) is 2. The lowest BCUT2D eigenvalue weighted by molar-refractivity contribution is 0.775. The molecule has 1 fully saturated rings. The molecule has 5 heteroatoms. The van der Waals surface area contributed by atoms with E-state index < -0.39 is 0 Å². The zero-order valence-corrected chi connectivity index (χ0v) is 13.0. The average molecular weight is 353 g/mol. The van der Waals surface area contributed by atoms with Crippen molar-refractivity contribution in [3.8, 4) is 12.3 Å². The van der Waals surface area contributed by atoms with Crippen molar-refractivity contribution >= 4 is 41.7 Å². The van der Waals surface area contributed by atoms with E-state index in [1.807, 2.05) is 0 Å². The minimum absolute atomic E-state index is 0. The second-order valence-electron chi connectivity index (χ2n) is 3.72. The Balaban J connectivity index is 0.00000225. The molecule has 0 heterocycles. The Morgan fingerprint density at radius 1 is 1.62 bits per heavy atom. The monoisotopic (exact) mass is 353 g/mol. The highest BCUT2D eigenvalue weighted by molar-refractivity contribution is 14.0. The predicted molar refractivity (Wildman–Crippen MR) is 83.6 cm³/mol. The molecule has 16 heavy (non-hydrogen) atoms. The molecule has 1 saturated carbocycles. The number of guanidine groups is 1. The van der Waals surface area contributed by atoms with Gasteiger partial charge in [0, 0.05) is 25.4 Å². The first-order valence-electron chi connectivity index (χ1n) is 5.26. The summed E-state index contributed by atoms with van der Waals surface area (Å²) in [5, 5.41) is 6.64. The molecule has 2 atom stereocenters. The van der Waals surface area contributed by atoms with E-state index in [0.29, 0.717) is 6.04 Å². The van der Waals surface area contributed by atoms with E-state index in [-0.39, 0.29) is 24.0 Å². The summed E-state index contributed by atoms with van der Waals surface area (Å²) >= 11 is 1.76. The highest BCUT2D eigenvalue weighted by Crippen LogP contribution is 2.28. The van der Waals surface area contributed by atoms with Gasteiger partial charge < -0.3 is 10.6 Å². The summed E-state index contributed by atoms with van der Waals surface area (Å²) in [6.07, 6.45) is 6.42. The fourth-order valence-corrected chi connectivity index (χ4v) is 1.77. The van der Waals surface area contributed by atoms with E-state index in [1.165, 1.54) is 6.42 Å². The minimum Gasteiger partial charge on any atom is -0.356 e. The number of terminal acetylenes is 1. The van der Waals surface area contributed by atoms with Gasteiger partial charge in [-0.05, 0) is 12.3 Å². The summed E-state index contributed by atoms with van der Waals surface area (Å²) in [6.45, 7) is 3.15. The largest absolute Gasteiger partial charge is 0.356 e. The van der Waals surface area contributed by atoms with Gasteiger partial charge in [0.05, 0.1) is 5.75 Å². The number of halogens is 1. The first-order chi connectivity index (χ1) is 7.27. The van der Waals surface area contributed by atoms with Gasteiger partial charge >= 0.3 is 0 Å². The molecule has 0 amide bonds. The Kier molecular flexibility index (Phi) is 8.94. The lowest BCUT2D eigenvalue weighted by Crippen LogP contribution is -2.40. The number of hydrogen-bond donors (Lipinski definition) is 2. The van der Waals surface area contributed by atoms with Crippen LogP contribution in [0.5, 0.6) is 0 Å². The van der Waals surface area contributed by atoms with Crippen LogP contribution in [0.4, 0.5) is 0 Å². The summed E-state index contributed by atoms with van der Waals surface area (Å²) in [5.74, 6) is 6.11. The molecular formula is C11H20IN3S. The Morgan fingerprint density at radius 3 is 2.81 bits per heavy atom. The maximum atomic E-state index is 5.16. The van der Waals surface area contributed by atoms with Gasteiger partial charge in [-0.3, -0.25) is 4.99 Å². The van der Waals surface area contributed by atoms with E-state index in [1.54, 1.807) is 18.8 Å². The van der Waals surface area contributed by atoms with Gasteiger partial charge in [0.2, 0.25) is 0 Å².